The van der Waals surface area contributed by atoms with Crippen LogP contribution in [0.5, 0.6) is 0 Å². The van der Waals surface area contributed by atoms with Crippen LogP contribution in [0.1, 0.15) is 25.7 Å². The van der Waals surface area contributed by atoms with E-state index in [2.05, 4.69) is 10.3 Å². The summed E-state index contributed by atoms with van der Waals surface area (Å²) in [4.78, 5) is 29.6. The molecule has 1 aromatic heterocycles. The number of rotatable bonds is 4. The van der Waals surface area contributed by atoms with Crippen molar-refractivity contribution in [3.05, 3.63) is 18.5 Å². The lowest BCUT2D eigenvalue weighted by molar-refractivity contribution is -0.147. The zero-order valence-electron chi connectivity index (χ0n) is 12.4. The molecule has 0 saturated heterocycles. The van der Waals surface area contributed by atoms with E-state index in [9.17, 15) is 14.7 Å². The Morgan fingerprint density at radius 1 is 1.29 bits per heavy atom. The maximum absolute atomic E-state index is 12.4. The van der Waals surface area contributed by atoms with Crippen molar-refractivity contribution in [3.8, 4) is 0 Å². The molecule has 0 aromatic carbocycles. The van der Waals surface area contributed by atoms with Crippen LogP contribution in [0.4, 0.5) is 11.4 Å². The Kier molecular flexibility index (Phi) is 4.77. The summed E-state index contributed by atoms with van der Waals surface area (Å²) in [7, 11) is 3.76. The van der Waals surface area contributed by atoms with Crippen molar-refractivity contribution in [2.75, 3.05) is 24.3 Å². The number of carbonyl (C=O) groups excluding carboxylic acids is 1. The van der Waals surface area contributed by atoms with Gasteiger partial charge in [0.15, 0.2) is 0 Å². The van der Waals surface area contributed by atoms with E-state index in [1.54, 1.807) is 12.4 Å². The molecule has 1 saturated carbocycles. The molecule has 1 aliphatic rings. The summed E-state index contributed by atoms with van der Waals surface area (Å²) in [5.41, 5.74) is 1.46. The highest BCUT2D eigenvalue weighted by Crippen LogP contribution is 2.32. The predicted molar refractivity (Wildman–Crippen MR) is 80.3 cm³/mol. The van der Waals surface area contributed by atoms with Crippen LogP contribution in [0.3, 0.4) is 0 Å². The number of hydrogen-bond donors (Lipinski definition) is 2. The highest BCUT2D eigenvalue weighted by molar-refractivity contribution is 5.97. The molecule has 0 radical (unpaired) electrons. The SMILES string of the molecule is CN(C)c1ccncc1NC(=O)C1CCCCC1C(=O)O. The minimum Gasteiger partial charge on any atom is -0.481 e. The Morgan fingerprint density at radius 2 is 1.95 bits per heavy atom. The van der Waals surface area contributed by atoms with Crippen molar-refractivity contribution < 1.29 is 14.7 Å². The zero-order chi connectivity index (χ0) is 15.4. The molecule has 1 aromatic rings. The third-order valence-corrected chi connectivity index (χ3v) is 3.96. The van der Waals surface area contributed by atoms with Crippen molar-refractivity contribution in [3.63, 3.8) is 0 Å². The van der Waals surface area contributed by atoms with Crippen molar-refractivity contribution in [1.82, 2.24) is 4.98 Å². The molecule has 2 N–H and O–H groups in total. The molecule has 2 rings (SSSR count). The molecule has 1 heterocycles. The molecule has 114 valence electrons. The second kappa shape index (κ2) is 6.56. The monoisotopic (exact) mass is 291 g/mol. The van der Waals surface area contributed by atoms with Crippen molar-refractivity contribution in [1.29, 1.82) is 0 Å². The molecule has 0 spiro atoms. The molecule has 2 unspecified atom stereocenters. The molecule has 21 heavy (non-hydrogen) atoms. The van der Waals surface area contributed by atoms with Crippen LogP contribution in [-0.2, 0) is 9.59 Å². The van der Waals surface area contributed by atoms with E-state index in [0.29, 0.717) is 18.5 Å². The number of carboxylic acids is 1. The number of hydrogen-bond acceptors (Lipinski definition) is 4. The fraction of sp³-hybridized carbons (Fsp3) is 0.533. The zero-order valence-corrected chi connectivity index (χ0v) is 12.4. The van der Waals surface area contributed by atoms with Gasteiger partial charge < -0.3 is 15.3 Å². The van der Waals surface area contributed by atoms with Gasteiger partial charge in [-0.05, 0) is 18.9 Å². The number of anilines is 2. The molecule has 1 amide bonds. The first-order chi connectivity index (χ1) is 10.0. The molecule has 1 aliphatic carbocycles. The Morgan fingerprint density at radius 3 is 2.57 bits per heavy atom. The number of nitrogens with zero attached hydrogens (tertiary/aromatic N) is 2. The van der Waals surface area contributed by atoms with Crippen molar-refractivity contribution in [2.45, 2.75) is 25.7 Å². The average Bonchev–Trinajstić information content (AvgIpc) is 2.47. The van der Waals surface area contributed by atoms with E-state index >= 15 is 0 Å². The number of carbonyl (C=O) groups is 2. The molecule has 0 aliphatic heterocycles. The van der Waals surface area contributed by atoms with Gasteiger partial charge >= 0.3 is 5.97 Å². The van der Waals surface area contributed by atoms with Crippen LogP contribution in [0.25, 0.3) is 0 Å². The van der Waals surface area contributed by atoms with Crippen LogP contribution in [0, 0.1) is 11.8 Å². The number of carboxylic acid groups (broad SMARTS) is 1. The van der Waals surface area contributed by atoms with Gasteiger partial charge in [0.05, 0.1) is 29.4 Å². The van der Waals surface area contributed by atoms with E-state index in [0.717, 1.165) is 18.5 Å². The molecule has 6 heteroatoms. The number of amides is 1. The van der Waals surface area contributed by atoms with Gasteiger partial charge in [-0.1, -0.05) is 12.8 Å². The highest BCUT2D eigenvalue weighted by atomic mass is 16.4. The van der Waals surface area contributed by atoms with Gasteiger partial charge in [0.1, 0.15) is 0 Å². The molecule has 6 nitrogen and oxygen atoms in total. The first-order valence-corrected chi connectivity index (χ1v) is 7.15. The van der Waals surface area contributed by atoms with Gasteiger partial charge in [-0.15, -0.1) is 0 Å². The lowest BCUT2D eigenvalue weighted by Gasteiger charge is -2.28. The quantitative estimate of drug-likeness (QED) is 0.886. The Balaban J connectivity index is 2.15. The number of aliphatic carboxylic acids is 1. The van der Waals surface area contributed by atoms with E-state index in [4.69, 9.17) is 0 Å². The molecule has 0 bridgehead atoms. The fourth-order valence-corrected chi connectivity index (χ4v) is 2.84. The smallest absolute Gasteiger partial charge is 0.307 e. The van der Waals surface area contributed by atoms with E-state index in [-0.39, 0.29) is 5.91 Å². The fourth-order valence-electron chi connectivity index (χ4n) is 2.84. The van der Waals surface area contributed by atoms with Gasteiger partial charge in [0, 0.05) is 20.3 Å². The Hall–Kier alpha value is -2.11. The number of pyridine rings is 1. The second-order valence-electron chi connectivity index (χ2n) is 5.61. The van der Waals surface area contributed by atoms with Crippen molar-refractivity contribution >= 4 is 23.3 Å². The summed E-state index contributed by atoms with van der Waals surface area (Å²) in [6.45, 7) is 0. The molecular formula is C15H21N3O3. The predicted octanol–water partition coefficient (Wildman–Crippen LogP) is 1.98. The van der Waals surface area contributed by atoms with Crippen molar-refractivity contribution in [2.24, 2.45) is 11.8 Å². The molecule has 2 atom stereocenters. The maximum Gasteiger partial charge on any atom is 0.307 e. The minimum absolute atomic E-state index is 0.224. The van der Waals surface area contributed by atoms with Gasteiger partial charge in [-0.2, -0.15) is 0 Å². The Bertz CT molecular complexity index is 531. The van der Waals surface area contributed by atoms with Crippen LogP contribution in [0.2, 0.25) is 0 Å². The van der Waals surface area contributed by atoms with E-state index < -0.39 is 17.8 Å². The summed E-state index contributed by atoms with van der Waals surface area (Å²) in [5, 5.41) is 12.1. The van der Waals surface area contributed by atoms with Crippen LogP contribution in [-0.4, -0.2) is 36.1 Å². The number of aromatic nitrogens is 1. The third kappa shape index (κ3) is 3.51. The van der Waals surface area contributed by atoms with Gasteiger partial charge in [0.2, 0.25) is 5.91 Å². The third-order valence-electron chi connectivity index (χ3n) is 3.96. The van der Waals surface area contributed by atoms with Gasteiger partial charge in [-0.3, -0.25) is 14.6 Å². The standard InChI is InChI=1S/C15H21N3O3/c1-18(2)13-7-8-16-9-12(13)17-14(19)10-5-3-4-6-11(10)15(20)21/h7-11H,3-6H2,1-2H3,(H,17,19)(H,20,21). The Labute approximate surface area is 124 Å². The molecule has 1 fully saturated rings. The first kappa shape index (κ1) is 15.3. The summed E-state index contributed by atoms with van der Waals surface area (Å²) in [6.07, 6.45) is 6.21. The van der Waals surface area contributed by atoms with Crippen LogP contribution in [0.15, 0.2) is 18.5 Å². The number of nitrogens with one attached hydrogen (secondary N) is 1. The van der Waals surface area contributed by atoms with Gasteiger partial charge in [-0.25, -0.2) is 0 Å². The topological polar surface area (TPSA) is 82.5 Å². The molecular weight excluding hydrogens is 270 g/mol. The largest absolute Gasteiger partial charge is 0.481 e. The van der Waals surface area contributed by atoms with Crippen LogP contribution >= 0.6 is 0 Å². The highest BCUT2D eigenvalue weighted by Gasteiger charge is 2.35. The minimum atomic E-state index is -0.881. The van der Waals surface area contributed by atoms with E-state index in [1.807, 2.05) is 25.1 Å². The maximum atomic E-state index is 12.4. The summed E-state index contributed by atoms with van der Waals surface area (Å²) in [5.74, 6) is -2.16. The van der Waals surface area contributed by atoms with Gasteiger partial charge in [0.25, 0.3) is 0 Å². The summed E-state index contributed by atoms with van der Waals surface area (Å²) < 4.78 is 0. The van der Waals surface area contributed by atoms with Crippen LogP contribution < -0.4 is 10.2 Å². The van der Waals surface area contributed by atoms with E-state index in [1.165, 1.54) is 0 Å². The summed E-state index contributed by atoms with van der Waals surface area (Å²) in [6, 6.07) is 1.81. The normalized spacial score (nSPS) is 21.6. The average molecular weight is 291 g/mol. The first-order valence-electron chi connectivity index (χ1n) is 7.15. The second-order valence-corrected chi connectivity index (χ2v) is 5.61. The summed E-state index contributed by atoms with van der Waals surface area (Å²) >= 11 is 0. The lowest BCUT2D eigenvalue weighted by atomic mass is 9.78. The lowest BCUT2D eigenvalue weighted by Crippen LogP contribution is -2.36.